The van der Waals surface area contributed by atoms with Crippen molar-refractivity contribution in [2.75, 3.05) is 12.3 Å². The predicted octanol–water partition coefficient (Wildman–Crippen LogP) is 14.3. The summed E-state index contributed by atoms with van der Waals surface area (Å²) < 4.78 is 0. The lowest BCUT2D eigenvalue weighted by Crippen LogP contribution is -1.85. The number of unbranched alkanes of at least 4 members (excludes halogenated alkanes) is 35. The first kappa shape index (κ1) is 41.7. The Labute approximate surface area is 271 Å². The second-order valence-corrected chi connectivity index (χ2v) is 13.9. The van der Waals surface area contributed by atoms with Crippen LogP contribution in [-0.2, 0) is 4.79 Å². The third-order valence-corrected chi connectivity index (χ3v) is 9.56. The van der Waals surface area contributed by atoms with Gasteiger partial charge in [0.05, 0.1) is 6.54 Å². The van der Waals surface area contributed by atoms with Crippen molar-refractivity contribution in [3.63, 3.8) is 0 Å². The zero-order valence-electron chi connectivity index (χ0n) is 28.7. The molecule has 3 heteroatoms. The Kier molecular flexibility index (Phi) is 40.5. The van der Waals surface area contributed by atoms with Crippen LogP contribution in [0, 0.1) is 0 Å². The zero-order chi connectivity index (χ0) is 30.3. The highest BCUT2D eigenvalue weighted by atomic mass is 32.1. The summed E-state index contributed by atoms with van der Waals surface area (Å²) in [6.45, 7) is 0.669. The first-order chi connectivity index (χ1) is 20.9. The van der Waals surface area contributed by atoms with Gasteiger partial charge in [0, 0.05) is 0 Å². The van der Waals surface area contributed by atoms with E-state index in [1.54, 1.807) is 6.08 Å². The molecule has 0 aliphatic heterocycles. The Morgan fingerprint density at radius 3 is 0.619 bits per heavy atom. The van der Waals surface area contributed by atoms with E-state index < -0.39 is 0 Å². The van der Waals surface area contributed by atoms with Crippen LogP contribution >= 0.6 is 12.6 Å². The van der Waals surface area contributed by atoms with Gasteiger partial charge in [0.2, 0.25) is 6.08 Å². The first-order valence-electron chi connectivity index (χ1n) is 19.6. The fourth-order valence-corrected chi connectivity index (χ4v) is 6.58. The molecule has 0 aromatic heterocycles. The number of thiol groups is 1. The van der Waals surface area contributed by atoms with Crippen LogP contribution in [0.4, 0.5) is 0 Å². The molecular formula is C39H77NOS. The smallest absolute Gasteiger partial charge is 0.211 e. The van der Waals surface area contributed by atoms with E-state index in [0.717, 1.165) is 12.2 Å². The van der Waals surface area contributed by atoms with Gasteiger partial charge >= 0.3 is 0 Å². The fraction of sp³-hybridized carbons (Fsp3) is 0.974. The van der Waals surface area contributed by atoms with Crippen LogP contribution in [0.3, 0.4) is 0 Å². The van der Waals surface area contributed by atoms with Gasteiger partial charge < -0.3 is 0 Å². The Morgan fingerprint density at radius 1 is 0.286 bits per heavy atom. The highest BCUT2D eigenvalue weighted by Gasteiger charge is 1.97. The van der Waals surface area contributed by atoms with E-state index in [-0.39, 0.29) is 0 Å². The van der Waals surface area contributed by atoms with E-state index in [9.17, 15) is 4.79 Å². The highest BCUT2D eigenvalue weighted by Crippen LogP contribution is 2.17. The molecule has 0 unspecified atom stereocenters. The number of isocyanates is 1. The molecule has 0 saturated heterocycles. The van der Waals surface area contributed by atoms with Crippen LogP contribution in [0.5, 0.6) is 0 Å². The molecule has 0 fully saturated rings. The summed E-state index contributed by atoms with van der Waals surface area (Å²) in [5.74, 6) is 1.06. The number of hydrogen-bond donors (Lipinski definition) is 1. The standard InChI is InChI=1S/C39H77NOS/c41-39-40-37-35-33-31-29-27-25-23-21-19-17-15-13-11-9-7-5-3-1-2-4-6-8-10-12-14-16-18-20-22-24-26-28-30-32-34-36-38-42/h42H,1-38H2. The summed E-state index contributed by atoms with van der Waals surface area (Å²) in [4.78, 5) is 13.6. The molecular weight excluding hydrogens is 531 g/mol. The summed E-state index contributed by atoms with van der Waals surface area (Å²) in [6.07, 6.45) is 53.1. The average Bonchev–Trinajstić information content (AvgIpc) is 3.00. The van der Waals surface area contributed by atoms with Gasteiger partial charge in [-0.15, -0.1) is 0 Å². The average molecular weight is 608 g/mol. The second kappa shape index (κ2) is 40.7. The molecule has 0 aromatic rings. The lowest BCUT2D eigenvalue weighted by atomic mass is 10.0. The minimum Gasteiger partial charge on any atom is -0.211 e. The third-order valence-electron chi connectivity index (χ3n) is 9.24. The molecule has 0 saturated carbocycles. The van der Waals surface area contributed by atoms with Crippen LogP contribution in [0.25, 0.3) is 0 Å². The van der Waals surface area contributed by atoms with Crippen LogP contribution in [0.1, 0.15) is 231 Å². The third kappa shape index (κ3) is 39.7. The largest absolute Gasteiger partial charge is 0.234 e. The highest BCUT2D eigenvalue weighted by molar-refractivity contribution is 7.80. The zero-order valence-corrected chi connectivity index (χ0v) is 29.6. The topological polar surface area (TPSA) is 29.4 Å². The maximum atomic E-state index is 10.0. The van der Waals surface area contributed by atoms with E-state index in [1.807, 2.05) is 0 Å². The van der Waals surface area contributed by atoms with Gasteiger partial charge in [0.1, 0.15) is 0 Å². The van der Waals surface area contributed by atoms with Crippen molar-refractivity contribution in [2.24, 2.45) is 4.99 Å². The quantitative estimate of drug-likeness (QED) is 0.0322. The van der Waals surface area contributed by atoms with Gasteiger partial charge in [-0.05, 0) is 18.6 Å². The van der Waals surface area contributed by atoms with Crippen molar-refractivity contribution in [3.05, 3.63) is 0 Å². The monoisotopic (exact) mass is 608 g/mol. The van der Waals surface area contributed by atoms with Crippen molar-refractivity contribution in [3.8, 4) is 0 Å². The van der Waals surface area contributed by atoms with Crippen molar-refractivity contribution in [1.82, 2.24) is 0 Å². The Morgan fingerprint density at radius 2 is 0.452 bits per heavy atom. The summed E-state index contributed by atoms with van der Waals surface area (Å²) in [5, 5.41) is 0. The molecule has 0 aromatic carbocycles. The van der Waals surface area contributed by atoms with Crippen LogP contribution in [0.15, 0.2) is 4.99 Å². The molecule has 0 spiro atoms. The first-order valence-corrected chi connectivity index (χ1v) is 20.2. The molecule has 0 aliphatic carbocycles. The van der Waals surface area contributed by atoms with E-state index in [4.69, 9.17) is 0 Å². The molecule has 42 heavy (non-hydrogen) atoms. The van der Waals surface area contributed by atoms with Crippen molar-refractivity contribution >= 4 is 18.7 Å². The van der Waals surface area contributed by atoms with Crippen LogP contribution in [0.2, 0.25) is 0 Å². The molecule has 2 nitrogen and oxygen atoms in total. The van der Waals surface area contributed by atoms with Gasteiger partial charge in [-0.2, -0.15) is 12.6 Å². The number of carbonyl (C=O) groups excluding carboxylic acids is 1. The van der Waals surface area contributed by atoms with E-state index >= 15 is 0 Å². The van der Waals surface area contributed by atoms with E-state index in [1.165, 1.54) is 225 Å². The lowest BCUT2D eigenvalue weighted by molar-refractivity contribution is 0.510. The Bertz CT molecular complexity index is 519. The molecule has 0 amide bonds. The minimum absolute atomic E-state index is 0.669. The van der Waals surface area contributed by atoms with Crippen molar-refractivity contribution in [2.45, 2.75) is 231 Å². The summed E-state index contributed by atoms with van der Waals surface area (Å²) in [6, 6.07) is 0. The van der Waals surface area contributed by atoms with Crippen LogP contribution in [-0.4, -0.2) is 18.4 Å². The van der Waals surface area contributed by atoms with Crippen molar-refractivity contribution in [1.29, 1.82) is 0 Å². The normalized spacial score (nSPS) is 11.3. The van der Waals surface area contributed by atoms with Gasteiger partial charge in [0.25, 0.3) is 0 Å². The lowest BCUT2D eigenvalue weighted by Gasteiger charge is -2.05. The van der Waals surface area contributed by atoms with Gasteiger partial charge in [-0.1, -0.05) is 218 Å². The molecule has 0 N–H and O–H groups in total. The predicted molar refractivity (Wildman–Crippen MR) is 193 cm³/mol. The molecule has 0 radical (unpaired) electrons. The van der Waals surface area contributed by atoms with Gasteiger partial charge in [-0.25, -0.2) is 9.79 Å². The summed E-state index contributed by atoms with van der Waals surface area (Å²) in [5.41, 5.74) is 0. The SMILES string of the molecule is O=C=NCCCCCCCCCCCCCCCCCCCCCCCCCCCCCCCCCCCCCCS. The maximum absolute atomic E-state index is 10.0. The van der Waals surface area contributed by atoms with Crippen LogP contribution < -0.4 is 0 Å². The molecule has 0 heterocycles. The van der Waals surface area contributed by atoms with Crippen molar-refractivity contribution < 1.29 is 4.79 Å². The van der Waals surface area contributed by atoms with Gasteiger partial charge in [0.15, 0.2) is 0 Å². The van der Waals surface area contributed by atoms with Gasteiger partial charge in [-0.3, -0.25) is 0 Å². The second-order valence-electron chi connectivity index (χ2n) is 13.4. The summed E-state index contributed by atoms with van der Waals surface area (Å²) >= 11 is 4.29. The maximum Gasteiger partial charge on any atom is 0.234 e. The number of aliphatic imine (C=N–C) groups is 1. The molecule has 250 valence electrons. The summed E-state index contributed by atoms with van der Waals surface area (Å²) in [7, 11) is 0. The number of nitrogens with zero attached hydrogens (tertiary/aromatic N) is 1. The molecule has 0 aliphatic rings. The molecule has 0 bridgehead atoms. The fourth-order valence-electron chi connectivity index (χ4n) is 6.36. The Hall–Kier alpha value is -0.270. The Balaban J connectivity index is 3.03. The van der Waals surface area contributed by atoms with E-state index in [0.29, 0.717) is 6.54 Å². The minimum atomic E-state index is 0.669. The molecule has 0 rings (SSSR count). The number of rotatable bonds is 38. The number of hydrogen-bond acceptors (Lipinski definition) is 3. The van der Waals surface area contributed by atoms with E-state index in [2.05, 4.69) is 17.6 Å². The molecule has 0 atom stereocenters.